The SMILES string of the molecule is Cc1occc1C(=O)N1CCC(Nc2ccc(Cl)cc2[N+](=O)[O-])CC1. The highest BCUT2D eigenvalue weighted by atomic mass is 35.5. The van der Waals surface area contributed by atoms with Crippen LogP contribution in [0.4, 0.5) is 11.4 Å². The van der Waals surface area contributed by atoms with E-state index in [2.05, 4.69) is 5.32 Å². The molecule has 2 aromatic rings. The Bertz CT molecular complexity index is 797. The highest BCUT2D eigenvalue weighted by molar-refractivity contribution is 6.30. The van der Waals surface area contributed by atoms with Crippen LogP contribution in [0.2, 0.25) is 5.02 Å². The van der Waals surface area contributed by atoms with Crippen molar-refractivity contribution >= 4 is 28.9 Å². The van der Waals surface area contributed by atoms with Crippen LogP contribution in [0.15, 0.2) is 34.9 Å². The molecule has 1 aromatic heterocycles. The second-order valence-electron chi connectivity index (χ2n) is 6.02. The summed E-state index contributed by atoms with van der Waals surface area (Å²) in [6.07, 6.45) is 2.93. The highest BCUT2D eigenvalue weighted by Crippen LogP contribution is 2.29. The Labute approximate surface area is 149 Å². The third-order valence-corrected chi connectivity index (χ3v) is 4.62. The molecule has 1 N–H and O–H groups in total. The summed E-state index contributed by atoms with van der Waals surface area (Å²) in [5.74, 6) is 0.573. The minimum atomic E-state index is -0.450. The molecule has 3 rings (SSSR count). The number of carbonyl (C=O) groups excluding carboxylic acids is 1. The molecule has 1 fully saturated rings. The Morgan fingerprint density at radius 1 is 1.36 bits per heavy atom. The number of hydrogen-bond donors (Lipinski definition) is 1. The highest BCUT2D eigenvalue weighted by Gasteiger charge is 2.26. The van der Waals surface area contributed by atoms with Crippen LogP contribution in [-0.4, -0.2) is 34.9 Å². The average molecular weight is 364 g/mol. The molecule has 0 bridgehead atoms. The summed E-state index contributed by atoms with van der Waals surface area (Å²) in [4.78, 5) is 25.0. The van der Waals surface area contributed by atoms with Gasteiger partial charge in [-0.25, -0.2) is 0 Å². The van der Waals surface area contributed by atoms with Gasteiger partial charge < -0.3 is 14.6 Å². The van der Waals surface area contributed by atoms with Crippen molar-refractivity contribution in [2.75, 3.05) is 18.4 Å². The molecule has 0 atom stereocenters. The molecular weight excluding hydrogens is 346 g/mol. The van der Waals surface area contributed by atoms with E-state index in [1.807, 2.05) is 0 Å². The zero-order valence-electron chi connectivity index (χ0n) is 13.7. The second-order valence-corrected chi connectivity index (χ2v) is 6.46. The number of anilines is 1. The maximum absolute atomic E-state index is 12.5. The van der Waals surface area contributed by atoms with Crippen molar-refractivity contribution in [2.24, 2.45) is 0 Å². The fraction of sp³-hybridized carbons (Fsp3) is 0.353. The number of amides is 1. The number of nitro groups is 1. The molecule has 8 heteroatoms. The van der Waals surface area contributed by atoms with Gasteiger partial charge in [-0.2, -0.15) is 0 Å². The molecule has 25 heavy (non-hydrogen) atoms. The minimum Gasteiger partial charge on any atom is -0.469 e. The average Bonchev–Trinajstić information content (AvgIpc) is 3.02. The number of nitrogens with one attached hydrogen (secondary N) is 1. The van der Waals surface area contributed by atoms with E-state index >= 15 is 0 Å². The molecule has 0 radical (unpaired) electrons. The lowest BCUT2D eigenvalue weighted by Gasteiger charge is -2.32. The molecule has 0 spiro atoms. The first-order valence-electron chi connectivity index (χ1n) is 7.99. The maximum atomic E-state index is 12.5. The summed E-state index contributed by atoms with van der Waals surface area (Å²) in [7, 11) is 0. The number of rotatable bonds is 4. The van der Waals surface area contributed by atoms with Crippen molar-refractivity contribution in [3.63, 3.8) is 0 Å². The molecule has 2 heterocycles. The van der Waals surface area contributed by atoms with Gasteiger partial charge in [0.1, 0.15) is 11.4 Å². The zero-order chi connectivity index (χ0) is 18.0. The van der Waals surface area contributed by atoms with E-state index in [1.54, 1.807) is 30.0 Å². The molecular formula is C17H18ClN3O4. The summed E-state index contributed by atoms with van der Waals surface area (Å²) in [5, 5.41) is 14.7. The summed E-state index contributed by atoms with van der Waals surface area (Å²) in [5.41, 5.74) is 0.990. The van der Waals surface area contributed by atoms with E-state index < -0.39 is 4.92 Å². The van der Waals surface area contributed by atoms with Gasteiger partial charge in [0.2, 0.25) is 0 Å². The van der Waals surface area contributed by atoms with Crippen LogP contribution in [0.1, 0.15) is 29.0 Å². The third kappa shape index (κ3) is 3.76. The number of nitrogens with zero attached hydrogens (tertiary/aromatic N) is 2. The first-order chi connectivity index (χ1) is 12.0. The number of carbonyl (C=O) groups is 1. The molecule has 1 saturated heterocycles. The summed E-state index contributed by atoms with van der Waals surface area (Å²) >= 11 is 5.84. The first kappa shape index (κ1) is 17.3. The van der Waals surface area contributed by atoms with Crippen molar-refractivity contribution in [3.8, 4) is 0 Å². The van der Waals surface area contributed by atoms with Crippen LogP contribution >= 0.6 is 11.6 Å². The smallest absolute Gasteiger partial charge is 0.293 e. The van der Waals surface area contributed by atoms with Crippen molar-refractivity contribution in [1.29, 1.82) is 0 Å². The summed E-state index contributed by atoms with van der Waals surface area (Å²) < 4.78 is 5.19. The van der Waals surface area contributed by atoms with Crippen LogP contribution in [-0.2, 0) is 0 Å². The number of furan rings is 1. The Morgan fingerprint density at radius 2 is 2.08 bits per heavy atom. The number of nitro benzene ring substituents is 1. The van der Waals surface area contributed by atoms with E-state index in [1.165, 1.54) is 12.3 Å². The monoisotopic (exact) mass is 363 g/mol. The molecule has 1 aliphatic heterocycles. The van der Waals surface area contributed by atoms with Crippen LogP contribution in [0.3, 0.4) is 0 Å². The molecule has 0 aliphatic carbocycles. The van der Waals surface area contributed by atoms with Gasteiger partial charge in [-0.3, -0.25) is 14.9 Å². The van der Waals surface area contributed by atoms with E-state index in [9.17, 15) is 14.9 Å². The molecule has 0 saturated carbocycles. The number of hydrogen-bond acceptors (Lipinski definition) is 5. The van der Waals surface area contributed by atoms with Crippen LogP contribution in [0.25, 0.3) is 0 Å². The first-order valence-corrected chi connectivity index (χ1v) is 8.37. The molecule has 1 aromatic carbocycles. The van der Waals surface area contributed by atoms with Crippen LogP contribution < -0.4 is 5.32 Å². The number of aryl methyl sites for hydroxylation is 1. The van der Waals surface area contributed by atoms with Gasteiger partial charge in [-0.15, -0.1) is 0 Å². The van der Waals surface area contributed by atoms with E-state index in [-0.39, 0.29) is 17.6 Å². The Hall–Kier alpha value is -2.54. The van der Waals surface area contributed by atoms with Crippen LogP contribution in [0, 0.1) is 17.0 Å². The Balaban J connectivity index is 1.63. The number of halogens is 1. The van der Waals surface area contributed by atoms with Crippen molar-refractivity contribution in [2.45, 2.75) is 25.8 Å². The van der Waals surface area contributed by atoms with Gasteiger partial charge in [0.25, 0.3) is 11.6 Å². The normalized spacial score (nSPS) is 15.2. The lowest BCUT2D eigenvalue weighted by molar-refractivity contribution is -0.384. The minimum absolute atomic E-state index is 0.0397. The number of piperidine rings is 1. The fourth-order valence-electron chi connectivity index (χ4n) is 3.00. The van der Waals surface area contributed by atoms with E-state index in [0.717, 1.165) is 0 Å². The van der Waals surface area contributed by atoms with Gasteiger partial charge in [0, 0.05) is 30.2 Å². The van der Waals surface area contributed by atoms with Gasteiger partial charge in [-0.1, -0.05) is 11.6 Å². The number of benzene rings is 1. The molecule has 7 nitrogen and oxygen atoms in total. The van der Waals surface area contributed by atoms with Gasteiger partial charge in [0.05, 0.1) is 16.7 Å². The third-order valence-electron chi connectivity index (χ3n) is 4.39. The quantitative estimate of drug-likeness (QED) is 0.658. The van der Waals surface area contributed by atoms with Gasteiger partial charge >= 0.3 is 0 Å². The van der Waals surface area contributed by atoms with E-state index in [0.29, 0.717) is 48.0 Å². The summed E-state index contributed by atoms with van der Waals surface area (Å²) in [6, 6.07) is 6.32. The molecule has 132 valence electrons. The lowest BCUT2D eigenvalue weighted by Crippen LogP contribution is -2.42. The molecule has 1 amide bonds. The van der Waals surface area contributed by atoms with E-state index in [4.69, 9.17) is 16.0 Å². The van der Waals surface area contributed by atoms with Crippen LogP contribution in [0.5, 0.6) is 0 Å². The van der Waals surface area contributed by atoms with Gasteiger partial charge in [-0.05, 0) is 38.0 Å². The van der Waals surface area contributed by atoms with Gasteiger partial charge in [0.15, 0.2) is 0 Å². The van der Waals surface area contributed by atoms with Crippen molar-refractivity contribution in [1.82, 2.24) is 4.90 Å². The number of likely N-dealkylation sites (tertiary alicyclic amines) is 1. The predicted octanol–water partition coefficient (Wildman–Crippen LogP) is 3.87. The van der Waals surface area contributed by atoms with Crippen molar-refractivity contribution in [3.05, 3.63) is 57.0 Å². The molecule has 0 unspecified atom stereocenters. The topological polar surface area (TPSA) is 88.6 Å². The second kappa shape index (κ2) is 7.14. The fourth-order valence-corrected chi connectivity index (χ4v) is 3.17. The summed E-state index contributed by atoms with van der Waals surface area (Å²) in [6.45, 7) is 2.94. The lowest BCUT2D eigenvalue weighted by atomic mass is 10.0. The largest absolute Gasteiger partial charge is 0.469 e. The Morgan fingerprint density at radius 3 is 2.68 bits per heavy atom. The maximum Gasteiger partial charge on any atom is 0.293 e. The standard InChI is InChI=1S/C17H18ClN3O4/c1-11-14(6-9-25-11)17(22)20-7-4-13(5-8-20)19-15-3-2-12(18)10-16(15)21(23)24/h2-3,6,9-10,13,19H,4-5,7-8H2,1H3. The Kier molecular flexibility index (Phi) is 4.94. The zero-order valence-corrected chi connectivity index (χ0v) is 14.5. The van der Waals surface area contributed by atoms with Crippen molar-refractivity contribution < 1.29 is 14.1 Å². The predicted molar refractivity (Wildman–Crippen MR) is 94.1 cm³/mol. The molecule has 1 aliphatic rings.